The smallest absolute Gasteiger partial charge is 0.111 e. The molecule has 1 heterocycles. The zero-order valence-corrected chi connectivity index (χ0v) is 10.1. The third-order valence-electron chi connectivity index (χ3n) is 3.07. The Bertz CT molecular complexity index is 620. The predicted molar refractivity (Wildman–Crippen MR) is 73.2 cm³/mol. The average molecular weight is 237 g/mol. The molecule has 0 saturated carbocycles. The molecule has 2 aromatic carbocycles. The van der Waals surface area contributed by atoms with Crippen LogP contribution in [0.15, 0.2) is 48.5 Å². The Kier molecular flexibility index (Phi) is 2.82. The second-order valence-electron chi connectivity index (χ2n) is 4.40. The number of hydrogen-bond donors (Lipinski definition) is 2. The molecule has 3 heteroatoms. The second-order valence-corrected chi connectivity index (χ2v) is 4.40. The maximum absolute atomic E-state index is 5.58. The summed E-state index contributed by atoms with van der Waals surface area (Å²) in [6.45, 7) is 0.588. The van der Waals surface area contributed by atoms with E-state index in [1.54, 1.807) is 0 Å². The van der Waals surface area contributed by atoms with Crippen LogP contribution in [0, 0.1) is 0 Å². The van der Waals surface area contributed by atoms with E-state index in [1.165, 1.54) is 5.56 Å². The fourth-order valence-electron chi connectivity index (χ4n) is 2.08. The molecule has 90 valence electrons. The first kappa shape index (κ1) is 11.0. The number of nitrogens with two attached hydrogens (primary N) is 1. The average Bonchev–Trinajstić information content (AvgIpc) is 2.82. The van der Waals surface area contributed by atoms with Crippen molar-refractivity contribution in [2.24, 2.45) is 5.73 Å². The van der Waals surface area contributed by atoms with E-state index in [4.69, 9.17) is 5.73 Å². The molecule has 3 rings (SSSR count). The van der Waals surface area contributed by atoms with Crippen LogP contribution in [-0.2, 0) is 13.0 Å². The lowest BCUT2D eigenvalue weighted by molar-refractivity contribution is 1.02. The van der Waals surface area contributed by atoms with Crippen LogP contribution >= 0.6 is 0 Å². The minimum Gasteiger partial charge on any atom is -0.342 e. The van der Waals surface area contributed by atoms with E-state index >= 15 is 0 Å². The Morgan fingerprint density at radius 1 is 0.944 bits per heavy atom. The van der Waals surface area contributed by atoms with Crippen molar-refractivity contribution in [3.63, 3.8) is 0 Å². The molecular formula is C15H15N3. The van der Waals surface area contributed by atoms with Crippen LogP contribution in [0.2, 0.25) is 0 Å². The van der Waals surface area contributed by atoms with E-state index in [-0.39, 0.29) is 0 Å². The van der Waals surface area contributed by atoms with Gasteiger partial charge in [-0.2, -0.15) is 0 Å². The first-order valence-corrected chi connectivity index (χ1v) is 6.06. The molecule has 0 spiro atoms. The van der Waals surface area contributed by atoms with Crippen LogP contribution < -0.4 is 5.73 Å². The standard InChI is InChI=1S/C15H15N3/c16-10-12-7-5-11(6-8-12)9-15-17-13-3-1-2-4-14(13)18-15/h1-8H,9-10,16H2,(H,17,18). The molecule has 3 aromatic rings. The highest BCUT2D eigenvalue weighted by Gasteiger charge is 2.03. The molecule has 3 N–H and O–H groups in total. The van der Waals surface area contributed by atoms with E-state index in [1.807, 2.05) is 24.3 Å². The number of imidazole rings is 1. The summed E-state index contributed by atoms with van der Waals surface area (Å²) < 4.78 is 0. The topological polar surface area (TPSA) is 54.7 Å². The van der Waals surface area contributed by atoms with Crippen molar-refractivity contribution < 1.29 is 0 Å². The molecule has 0 aliphatic rings. The molecule has 18 heavy (non-hydrogen) atoms. The fraction of sp³-hybridized carbons (Fsp3) is 0.133. The third kappa shape index (κ3) is 2.13. The van der Waals surface area contributed by atoms with Gasteiger partial charge in [0, 0.05) is 13.0 Å². The Morgan fingerprint density at radius 3 is 2.39 bits per heavy atom. The Labute approximate surface area is 106 Å². The van der Waals surface area contributed by atoms with Gasteiger partial charge in [0.25, 0.3) is 0 Å². The van der Waals surface area contributed by atoms with Crippen molar-refractivity contribution in [2.75, 3.05) is 0 Å². The maximum Gasteiger partial charge on any atom is 0.111 e. The lowest BCUT2D eigenvalue weighted by Crippen LogP contribution is -1.96. The van der Waals surface area contributed by atoms with E-state index in [0.29, 0.717) is 6.54 Å². The molecule has 1 aromatic heterocycles. The van der Waals surface area contributed by atoms with E-state index in [0.717, 1.165) is 28.8 Å². The van der Waals surface area contributed by atoms with Crippen molar-refractivity contribution in [3.05, 3.63) is 65.5 Å². The molecule has 0 saturated heterocycles. The number of aromatic nitrogens is 2. The first-order valence-electron chi connectivity index (χ1n) is 6.06. The van der Waals surface area contributed by atoms with Crippen molar-refractivity contribution in [1.82, 2.24) is 9.97 Å². The van der Waals surface area contributed by atoms with Crippen LogP contribution in [0.1, 0.15) is 17.0 Å². The zero-order chi connectivity index (χ0) is 12.4. The number of hydrogen-bond acceptors (Lipinski definition) is 2. The largest absolute Gasteiger partial charge is 0.342 e. The van der Waals surface area contributed by atoms with Gasteiger partial charge in [-0.05, 0) is 23.3 Å². The Balaban J connectivity index is 1.86. The lowest BCUT2D eigenvalue weighted by atomic mass is 10.1. The molecule has 0 bridgehead atoms. The van der Waals surface area contributed by atoms with Gasteiger partial charge in [-0.3, -0.25) is 0 Å². The van der Waals surface area contributed by atoms with E-state index in [9.17, 15) is 0 Å². The number of fused-ring (bicyclic) bond motifs is 1. The summed E-state index contributed by atoms with van der Waals surface area (Å²) in [6.07, 6.45) is 0.819. The summed E-state index contributed by atoms with van der Waals surface area (Å²) in [5, 5.41) is 0. The van der Waals surface area contributed by atoms with Gasteiger partial charge in [0.2, 0.25) is 0 Å². The quantitative estimate of drug-likeness (QED) is 0.735. The van der Waals surface area contributed by atoms with Crippen molar-refractivity contribution in [1.29, 1.82) is 0 Å². The number of H-pyrrole nitrogens is 1. The second kappa shape index (κ2) is 4.63. The molecule has 0 amide bonds. The molecular weight excluding hydrogens is 222 g/mol. The molecule has 0 aliphatic heterocycles. The molecule has 0 radical (unpaired) electrons. The zero-order valence-electron chi connectivity index (χ0n) is 10.1. The molecule has 0 atom stereocenters. The van der Waals surface area contributed by atoms with Crippen LogP contribution in [-0.4, -0.2) is 9.97 Å². The summed E-state index contributed by atoms with van der Waals surface area (Å²) >= 11 is 0. The minimum absolute atomic E-state index is 0.588. The number of nitrogens with one attached hydrogen (secondary N) is 1. The van der Waals surface area contributed by atoms with Crippen molar-refractivity contribution in [3.8, 4) is 0 Å². The monoisotopic (exact) mass is 237 g/mol. The summed E-state index contributed by atoms with van der Waals surface area (Å²) in [5.74, 6) is 0.997. The van der Waals surface area contributed by atoms with Gasteiger partial charge in [-0.25, -0.2) is 4.98 Å². The molecule has 0 unspecified atom stereocenters. The van der Waals surface area contributed by atoms with Crippen molar-refractivity contribution in [2.45, 2.75) is 13.0 Å². The van der Waals surface area contributed by atoms with Gasteiger partial charge in [0.1, 0.15) is 5.82 Å². The maximum atomic E-state index is 5.58. The van der Waals surface area contributed by atoms with Gasteiger partial charge in [-0.1, -0.05) is 36.4 Å². The van der Waals surface area contributed by atoms with Crippen LogP contribution in [0.3, 0.4) is 0 Å². The Hall–Kier alpha value is -2.13. The highest BCUT2D eigenvalue weighted by atomic mass is 14.9. The van der Waals surface area contributed by atoms with Crippen molar-refractivity contribution >= 4 is 11.0 Å². The summed E-state index contributed by atoms with van der Waals surface area (Å²) in [6, 6.07) is 16.4. The van der Waals surface area contributed by atoms with Gasteiger partial charge in [-0.15, -0.1) is 0 Å². The Morgan fingerprint density at radius 2 is 1.67 bits per heavy atom. The summed E-state index contributed by atoms with van der Waals surface area (Å²) in [7, 11) is 0. The lowest BCUT2D eigenvalue weighted by Gasteiger charge is -2.00. The highest BCUT2D eigenvalue weighted by Crippen LogP contribution is 2.14. The van der Waals surface area contributed by atoms with E-state index in [2.05, 4.69) is 34.2 Å². The number of aromatic amines is 1. The third-order valence-corrected chi connectivity index (χ3v) is 3.07. The minimum atomic E-state index is 0.588. The molecule has 0 fully saturated rings. The van der Waals surface area contributed by atoms with Gasteiger partial charge in [0.15, 0.2) is 0 Å². The number of benzene rings is 2. The number of nitrogens with zero attached hydrogens (tertiary/aromatic N) is 1. The highest BCUT2D eigenvalue weighted by molar-refractivity contribution is 5.74. The van der Waals surface area contributed by atoms with E-state index < -0.39 is 0 Å². The van der Waals surface area contributed by atoms with Gasteiger partial charge in [0.05, 0.1) is 11.0 Å². The normalized spacial score (nSPS) is 10.9. The molecule has 0 aliphatic carbocycles. The summed E-state index contributed by atoms with van der Waals surface area (Å²) in [4.78, 5) is 7.91. The predicted octanol–water partition coefficient (Wildman–Crippen LogP) is 2.61. The molecule has 3 nitrogen and oxygen atoms in total. The number of rotatable bonds is 3. The number of para-hydroxylation sites is 2. The summed E-state index contributed by atoms with van der Waals surface area (Å²) in [5.41, 5.74) is 10.1. The van der Waals surface area contributed by atoms with Gasteiger partial charge < -0.3 is 10.7 Å². The van der Waals surface area contributed by atoms with Crippen LogP contribution in [0.25, 0.3) is 11.0 Å². The fourth-order valence-corrected chi connectivity index (χ4v) is 2.08. The van der Waals surface area contributed by atoms with Crippen LogP contribution in [0.5, 0.6) is 0 Å². The van der Waals surface area contributed by atoms with Crippen LogP contribution in [0.4, 0.5) is 0 Å². The SMILES string of the molecule is NCc1ccc(Cc2nc3ccccc3[nH]2)cc1. The van der Waals surface area contributed by atoms with Gasteiger partial charge >= 0.3 is 0 Å². The first-order chi connectivity index (χ1) is 8.85.